The first kappa shape index (κ1) is 17.8. The van der Waals surface area contributed by atoms with Crippen LogP contribution in [0.2, 0.25) is 0 Å². The van der Waals surface area contributed by atoms with Crippen molar-refractivity contribution in [2.24, 2.45) is 16.9 Å². The molecule has 0 heterocycles. The minimum Gasteiger partial charge on any atom is -0.379 e. The van der Waals surface area contributed by atoms with E-state index in [4.69, 9.17) is 25.7 Å². The molecule has 5 N–H and O–H groups in total. The summed E-state index contributed by atoms with van der Waals surface area (Å²) < 4.78 is 16.6. The highest BCUT2D eigenvalue weighted by atomic mass is 16.5. The predicted octanol–water partition coefficient (Wildman–Crippen LogP) is -0.821. The summed E-state index contributed by atoms with van der Waals surface area (Å²) in [6.45, 7) is 7.53. The molecule has 110 valence electrons. The normalized spacial score (nSPS) is 12.0. The van der Waals surface area contributed by atoms with E-state index in [1.165, 1.54) is 0 Å². The third-order valence-electron chi connectivity index (χ3n) is 2.37. The summed E-state index contributed by atoms with van der Waals surface area (Å²) in [6.07, 6.45) is 0. The topological polar surface area (TPSA) is 91.8 Å². The molecule has 0 bridgehead atoms. The van der Waals surface area contributed by atoms with Crippen LogP contribution >= 0.6 is 0 Å². The van der Waals surface area contributed by atoms with E-state index < -0.39 is 0 Å². The lowest BCUT2D eigenvalue weighted by Gasteiger charge is -2.29. The van der Waals surface area contributed by atoms with Crippen molar-refractivity contribution in [2.75, 3.05) is 66.3 Å². The highest BCUT2D eigenvalue weighted by molar-refractivity contribution is 4.73. The fraction of sp³-hybridized carbons (Fsp3) is 1.00. The molecule has 0 saturated heterocycles. The highest BCUT2D eigenvalue weighted by Gasteiger charge is 2.25. The molecule has 18 heavy (non-hydrogen) atoms. The first-order valence-corrected chi connectivity index (χ1v) is 6.46. The van der Waals surface area contributed by atoms with Gasteiger partial charge in [0.05, 0.1) is 39.6 Å². The van der Waals surface area contributed by atoms with E-state index in [1.54, 1.807) is 0 Å². The fourth-order valence-electron chi connectivity index (χ4n) is 1.42. The second-order valence-electron chi connectivity index (χ2n) is 4.65. The van der Waals surface area contributed by atoms with Crippen molar-refractivity contribution in [3.05, 3.63) is 0 Å². The molecule has 0 atom stereocenters. The van der Waals surface area contributed by atoms with Crippen LogP contribution in [0.3, 0.4) is 0 Å². The van der Waals surface area contributed by atoms with Crippen LogP contribution in [-0.4, -0.2) is 66.3 Å². The summed E-state index contributed by atoms with van der Waals surface area (Å²) in [6, 6.07) is 0. The SMILES string of the molecule is CNCCOCC(C)(COCCN)COCCN. The average molecular weight is 263 g/mol. The van der Waals surface area contributed by atoms with Gasteiger partial charge in [0.15, 0.2) is 0 Å². The van der Waals surface area contributed by atoms with Crippen LogP contribution in [0.4, 0.5) is 0 Å². The number of nitrogens with two attached hydrogens (primary N) is 2. The Morgan fingerprint density at radius 3 is 1.72 bits per heavy atom. The van der Waals surface area contributed by atoms with Crippen molar-refractivity contribution >= 4 is 0 Å². The van der Waals surface area contributed by atoms with E-state index in [0.717, 1.165) is 6.54 Å². The molecule has 0 aliphatic rings. The molecule has 0 aromatic heterocycles. The molecule has 0 aromatic rings. The minimum atomic E-state index is -0.155. The Morgan fingerprint density at radius 2 is 1.33 bits per heavy atom. The van der Waals surface area contributed by atoms with E-state index in [1.807, 2.05) is 7.05 Å². The largest absolute Gasteiger partial charge is 0.379 e. The van der Waals surface area contributed by atoms with E-state index in [2.05, 4.69) is 12.2 Å². The van der Waals surface area contributed by atoms with Gasteiger partial charge in [0.25, 0.3) is 0 Å². The van der Waals surface area contributed by atoms with Gasteiger partial charge < -0.3 is 31.0 Å². The molecule has 0 radical (unpaired) electrons. The minimum absolute atomic E-state index is 0.155. The number of ether oxygens (including phenoxy) is 3. The highest BCUT2D eigenvalue weighted by Crippen LogP contribution is 2.18. The summed E-state index contributed by atoms with van der Waals surface area (Å²) in [4.78, 5) is 0. The number of nitrogens with one attached hydrogen (secondary N) is 1. The van der Waals surface area contributed by atoms with Gasteiger partial charge in [0.2, 0.25) is 0 Å². The standard InChI is InChI=1S/C12H29N3O3/c1-12(9-16-6-3-13,10-17-7-4-14)11-18-8-5-15-2/h15H,3-11,13-14H2,1-2H3. The maximum Gasteiger partial charge on any atom is 0.0591 e. The van der Waals surface area contributed by atoms with Crippen LogP contribution in [0.15, 0.2) is 0 Å². The summed E-state index contributed by atoms with van der Waals surface area (Å²) in [5.41, 5.74) is 10.7. The van der Waals surface area contributed by atoms with Crippen LogP contribution in [0.25, 0.3) is 0 Å². The van der Waals surface area contributed by atoms with E-state index in [9.17, 15) is 0 Å². The van der Waals surface area contributed by atoms with Crippen molar-refractivity contribution in [3.63, 3.8) is 0 Å². The quantitative estimate of drug-likeness (QED) is 0.376. The summed E-state index contributed by atoms with van der Waals surface area (Å²) in [5, 5.41) is 3.04. The smallest absolute Gasteiger partial charge is 0.0591 e. The van der Waals surface area contributed by atoms with Crippen molar-refractivity contribution < 1.29 is 14.2 Å². The van der Waals surface area contributed by atoms with Gasteiger partial charge in [-0.1, -0.05) is 6.92 Å². The molecule has 6 heteroatoms. The van der Waals surface area contributed by atoms with E-state index in [-0.39, 0.29) is 5.41 Å². The molecule has 6 nitrogen and oxygen atoms in total. The van der Waals surface area contributed by atoms with E-state index >= 15 is 0 Å². The second-order valence-corrected chi connectivity index (χ2v) is 4.65. The lowest BCUT2D eigenvalue weighted by molar-refractivity contribution is -0.0568. The number of likely N-dealkylation sites (N-methyl/N-ethyl adjacent to an activating group) is 1. The van der Waals surface area contributed by atoms with Gasteiger partial charge in [-0.3, -0.25) is 0 Å². The van der Waals surface area contributed by atoms with Gasteiger partial charge in [0, 0.05) is 25.0 Å². The van der Waals surface area contributed by atoms with Crippen LogP contribution < -0.4 is 16.8 Å². The third kappa shape index (κ3) is 9.76. The molecular formula is C12H29N3O3. The number of hydrogen-bond donors (Lipinski definition) is 3. The van der Waals surface area contributed by atoms with E-state index in [0.29, 0.717) is 52.7 Å². The van der Waals surface area contributed by atoms with Gasteiger partial charge in [-0.2, -0.15) is 0 Å². The maximum absolute atomic E-state index is 5.62. The molecule has 0 aliphatic carbocycles. The van der Waals surface area contributed by atoms with Crippen LogP contribution in [0, 0.1) is 5.41 Å². The summed E-state index contributed by atoms with van der Waals surface area (Å²) >= 11 is 0. The Kier molecular flexibility index (Phi) is 11.7. The van der Waals surface area contributed by atoms with Crippen LogP contribution in [-0.2, 0) is 14.2 Å². The van der Waals surface area contributed by atoms with Gasteiger partial charge in [-0.15, -0.1) is 0 Å². The summed E-state index contributed by atoms with van der Waals surface area (Å²) in [7, 11) is 1.90. The Hall–Kier alpha value is -0.240. The van der Waals surface area contributed by atoms with Gasteiger partial charge in [0.1, 0.15) is 0 Å². The van der Waals surface area contributed by atoms with Crippen molar-refractivity contribution in [3.8, 4) is 0 Å². The van der Waals surface area contributed by atoms with Gasteiger partial charge in [-0.25, -0.2) is 0 Å². The third-order valence-corrected chi connectivity index (χ3v) is 2.37. The Labute approximate surface area is 110 Å². The molecule has 0 spiro atoms. The fourth-order valence-corrected chi connectivity index (χ4v) is 1.42. The second kappa shape index (κ2) is 11.8. The van der Waals surface area contributed by atoms with Crippen LogP contribution in [0.5, 0.6) is 0 Å². The lowest BCUT2D eigenvalue weighted by Crippen LogP contribution is -2.36. The zero-order chi connectivity index (χ0) is 13.7. The monoisotopic (exact) mass is 263 g/mol. The molecule has 0 saturated carbocycles. The van der Waals surface area contributed by atoms with Crippen molar-refractivity contribution in [1.29, 1.82) is 0 Å². The first-order valence-electron chi connectivity index (χ1n) is 6.46. The van der Waals surface area contributed by atoms with Gasteiger partial charge in [-0.05, 0) is 7.05 Å². The van der Waals surface area contributed by atoms with Crippen molar-refractivity contribution in [2.45, 2.75) is 6.92 Å². The summed E-state index contributed by atoms with van der Waals surface area (Å²) in [5.74, 6) is 0. The number of rotatable bonds is 13. The van der Waals surface area contributed by atoms with Crippen LogP contribution in [0.1, 0.15) is 6.92 Å². The molecule has 0 aromatic carbocycles. The Balaban J connectivity index is 3.95. The number of hydrogen-bond acceptors (Lipinski definition) is 6. The average Bonchev–Trinajstić information content (AvgIpc) is 2.36. The molecule has 0 rings (SSSR count). The zero-order valence-electron chi connectivity index (χ0n) is 11.7. The first-order chi connectivity index (χ1) is 8.68. The maximum atomic E-state index is 5.62. The molecule has 0 amide bonds. The van der Waals surface area contributed by atoms with Crippen molar-refractivity contribution in [1.82, 2.24) is 5.32 Å². The lowest BCUT2D eigenvalue weighted by atomic mass is 9.94. The Morgan fingerprint density at radius 1 is 0.889 bits per heavy atom. The zero-order valence-corrected chi connectivity index (χ0v) is 11.7. The van der Waals surface area contributed by atoms with Gasteiger partial charge >= 0.3 is 0 Å². The molecule has 0 aliphatic heterocycles. The predicted molar refractivity (Wildman–Crippen MR) is 72.6 cm³/mol. The Bertz CT molecular complexity index is 172. The molecular weight excluding hydrogens is 234 g/mol. The molecule has 0 fully saturated rings. The molecule has 0 unspecified atom stereocenters.